The molecular weight excluding hydrogens is 715 g/mol. The maximum Gasteiger partial charge on any atom is 0.217 e. The Morgan fingerprint density at radius 2 is 1.49 bits per heavy atom. The van der Waals surface area contributed by atoms with Crippen LogP contribution in [0.15, 0.2) is 108 Å². The van der Waals surface area contributed by atoms with Gasteiger partial charge in [-0.05, 0) is 35.7 Å². The molecule has 7 rings (SSSR count). The molecule has 1 aromatic heterocycles. The predicted molar refractivity (Wildman–Crippen MR) is 165 cm³/mol. The second-order valence-corrected chi connectivity index (χ2v) is 12.5. The number of pyridine rings is 1. The molecule has 0 radical (unpaired) electrons. The summed E-state index contributed by atoms with van der Waals surface area (Å²) in [5.41, 5.74) is 2.62. The van der Waals surface area contributed by atoms with Gasteiger partial charge in [0.15, 0.2) is 0 Å². The van der Waals surface area contributed by atoms with Gasteiger partial charge in [-0.2, -0.15) is 0 Å². The van der Waals surface area contributed by atoms with E-state index < -0.39 is 16.6 Å². The van der Waals surface area contributed by atoms with Crippen molar-refractivity contribution in [2.24, 2.45) is 4.99 Å². The number of hydrogen-bond donors (Lipinski definition) is 1. The quantitative estimate of drug-likeness (QED) is 0.184. The first kappa shape index (κ1) is 29.1. The summed E-state index contributed by atoms with van der Waals surface area (Å²) >= 11 is 0. The molecule has 0 unspecified atom stereocenters. The molecule has 2 atom stereocenters. The van der Waals surface area contributed by atoms with E-state index in [1.54, 1.807) is 18.2 Å². The summed E-state index contributed by atoms with van der Waals surface area (Å²) in [6.45, 7) is 11.3. The van der Waals surface area contributed by atoms with E-state index in [0.29, 0.717) is 28.6 Å². The second kappa shape index (κ2) is 10.1. The second-order valence-electron chi connectivity index (χ2n) is 12.5. The molecule has 2 aliphatic rings. The minimum Gasteiger partial charge on any atom is -0.509 e. The molecule has 0 fully saturated rings. The number of aliphatic imine (C=N–C) groups is 1. The summed E-state index contributed by atoms with van der Waals surface area (Å²) in [6.07, 6.45) is 0. The van der Waals surface area contributed by atoms with Gasteiger partial charge in [0, 0.05) is 49.1 Å². The predicted octanol–water partition coefficient (Wildman–Crippen LogP) is 8.23. The van der Waals surface area contributed by atoms with Crippen LogP contribution in [-0.4, -0.2) is 21.6 Å². The number of aromatic nitrogens is 1. The van der Waals surface area contributed by atoms with E-state index in [1.165, 1.54) is 16.7 Å². The van der Waals surface area contributed by atoms with Gasteiger partial charge < -0.3 is 14.6 Å². The minimum absolute atomic E-state index is 0. The first-order valence-corrected chi connectivity index (χ1v) is 14.3. The van der Waals surface area contributed by atoms with Gasteiger partial charge in [0.2, 0.25) is 5.88 Å². The number of rotatable bonds is 5. The van der Waals surface area contributed by atoms with Crippen LogP contribution in [0.25, 0.3) is 10.9 Å². The Morgan fingerprint density at radius 3 is 2.26 bits per heavy atom. The molecule has 0 amide bonds. The van der Waals surface area contributed by atoms with Crippen LogP contribution in [0.4, 0.5) is 0 Å². The Balaban J connectivity index is 0.00000329. The number of phenols is 1. The van der Waals surface area contributed by atoms with Crippen molar-refractivity contribution in [3.8, 4) is 17.4 Å². The third kappa shape index (κ3) is 4.01. The van der Waals surface area contributed by atoms with Crippen LogP contribution in [0.3, 0.4) is 0 Å². The molecule has 0 saturated heterocycles. The normalized spacial score (nSPS) is 21.7. The number of ether oxygens (including phenoxy) is 2. The largest absolute Gasteiger partial charge is 0.509 e. The summed E-state index contributed by atoms with van der Waals surface area (Å²) in [7, 11) is 0. The topological polar surface area (TPSA) is 63.9 Å². The SMILES string of the molecule is CC(C)(c1ccccc1)[C@]12OC(c3[c-]c(Oc4ccc5cccc(O)c5n4)ccc3)=N[C@@]1(C)c1ccccc1C2(C)C.[Pt]. The molecule has 1 aliphatic carbocycles. The molecule has 2 heterocycles. The van der Waals surface area contributed by atoms with Gasteiger partial charge in [-0.25, -0.2) is 4.98 Å². The van der Waals surface area contributed by atoms with Crippen LogP contribution >= 0.6 is 0 Å². The smallest absolute Gasteiger partial charge is 0.217 e. The fourth-order valence-corrected chi connectivity index (χ4v) is 7.78. The number of nitrogens with zero attached hydrogens (tertiary/aromatic N) is 2. The van der Waals surface area contributed by atoms with Crippen LogP contribution < -0.4 is 4.74 Å². The molecule has 0 spiro atoms. The van der Waals surface area contributed by atoms with E-state index in [1.807, 2.05) is 30.3 Å². The van der Waals surface area contributed by atoms with Crippen molar-refractivity contribution >= 4 is 16.8 Å². The first-order valence-electron chi connectivity index (χ1n) is 14.3. The monoisotopic (exact) mass is 748 g/mol. The van der Waals surface area contributed by atoms with E-state index in [0.717, 1.165) is 5.39 Å². The minimum atomic E-state index is -0.741. The van der Waals surface area contributed by atoms with Crippen molar-refractivity contribution in [2.45, 2.75) is 56.6 Å². The van der Waals surface area contributed by atoms with Gasteiger partial charge in [-0.1, -0.05) is 106 Å². The Kier molecular flexibility index (Phi) is 6.82. The molecule has 5 nitrogen and oxygen atoms in total. The summed E-state index contributed by atoms with van der Waals surface area (Å²) in [5.74, 6) is 1.50. The third-order valence-electron chi connectivity index (χ3n) is 9.53. The average molecular weight is 749 g/mol. The fourth-order valence-electron chi connectivity index (χ4n) is 7.78. The molecule has 5 aromatic rings. The van der Waals surface area contributed by atoms with E-state index in [2.05, 4.69) is 100 Å². The number of hydrogen-bond acceptors (Lipinski definition) is 5. The average Bonchev–Trinajstić information content (AvgIpc) is 3.41. The fraction of sp³-hybridized carbons (Fsp3) is 0.243. The molecule has 43 heavy (non-hydrogen) atoms. The number of phenolic OH excluding ortho intramolecular Hbond substituents is 1. The van der Waals surface area contributed by atoms with Crippen molar-refractivity contribution in [2.75, 3.05) is 0 Å². The molecular formula is C37H33N2O3Pt-. The Morgan fingerprint density at radius 1 is 0.791 bits per heavy atom. The van der Waals surface area contributed by atoms with Crippen molar-refractivity contribution < 1.29 is 35.6 Å². The van der Waals surface area contributed by atoms with Crippen molar-refractivity contribution in [3.63, 3.8) is 0 Å². The number of para-hydroxylation sites is 1. The van der Waals surface area contributed by atoms with Crippen molar-refractivity contribution in [1.82, 2.24) is 4.98 Å². The Labute approximate surface area is 266 Å². The van der Waals surface area contributed by atoms with Crippen LogP contribution in [0.2, 0.25) is 0 Å². The zero-order chi connectivity index (χ0) is 29.3. The van der Waals surface area contributed by atoms with Gasteiger partial charge in [0.25, 0.3) is 0 Å². The van der Waals surface area contributed by atoms with Crippen LogP contribution in [0.5, 0.6) is 17.4 Å². The molecule has 0 bridgehead atoms. The van der Waals surface area contributed by atoms with E-state index in [-0.39, 0.29) is 32.2 Å². The Hall–Kier alpha value is -3.95. The van der Waals surface area contributed by atoms with Gasteiger partial charge in [-0.3, -0.25) is 4.99 Å². The van der Waals surface area contributed by atoms with Gasteiger partial charge in [-0.15, -0.1) is 18.2 Å². The number of benzene rings is 4. The van der Waals surface area contributed by atoms with Crippen molar-refractivity contribution in [3.05, 3.63) is 131 Å². The summed E-state index contributed by atoms with van der Waals surface area (Å²) in [4.78, 5) is 9.93. The first-order chi connectivity index (χ1) is 20.1. The maximum atomic E-state index is 10.3. The van der Waals surface area contributed by atoms with Crippen molar-refractivity contribution in [1.29, 1.82) is 0 Å². The van der Waals surface area contributed by atoms with Crippen LogP contribution in [-0.2, 0) is 42.2 Å². The zero-order valence-electron chi connectivity index (χ0n) is 24.8. The van der Waals surface area contributed by atoms with E-state index in [4.69, 9.17) is 14.5 Å². The standard InChI is InChI=1S/C37H33N2O3.Pt/c1-34(2,26-15-7-6-8-16-26)37-35(3,4)28-18-9-10-19-29(28)36(37,5)39-33(42-37)25-14-11-17-27(23-25)41-31-22-21-24-13-12-20-30(40)32(24)38-31;/h6-22,40H,1-5H3;/q-1;/t36-,37+;/m0./s1. The van der Waals surface area contributed by atoms with Crippen LogP contribution in [0, 0.1) is 6.07 Å². The summed E-state index contributed by atoms with van der Waals surface area (Å²) < 4.78 is 13.4. The molecule has 220 valence electrons. The van der Waals surface area contributed by atoms with Gasteiger partial charge >= 0.3 is 0 Å². The third-order valence-corrected chi connectivity index (χ3v) is 9.53. The molecule has 6 heteroatoms. The zero-order valence-corrected chi connectivity index (χ0v) is 27.1. The summed E-state index contributed by atoms with van der Waals surface area (Å²) in [6, 6.07) is 37.3. The molecule has 0 saturated carbocycles. The molecule has 1 aliphatic heterocycles. The summed E-state index contributed by atoms with van der Waals surface area (Å²) in [5, 5.41) is 11.1. The number of fused-ring (bicyclic) bond motifs is 4. The van der Waals surface area contributed by atoms with E-state index in [9.17, 15) is 5.11 Å². The Bertz CT molecular complexity index is 1880. The van der Waals surface area contributed by atoms with Gasteiger partial charge in [0.05, 0.1) is 0 Å². The van der Waals surface area contributed by atoms with Gasteiger partial charge in [0.1, 0.15) is 28.3 Å². The molecule has 1 N–H and O–H groups in total. The number of aromatic hydroxyl groups is 1. The maximum absolute atomic E-state index is 10.3. The van der Waals surface area contributed by atoms with Crippen LogP contribution in [0.1, 0.15) is 56.9 Å². The molecule has 4 aromatic carbocycles. The van der Waals surface area contributed by atoms with E-state index >= 15 is 0 Å².